The van der Waals surface area contributed by atoms with E-state index in [4.69, 9.17) is 0 Å². The van der Waals surface area contributed by atoms with E-state index in [9.17, 15) is 4.79 Å². The van der Waals surface area contributed by atoms with Gasteiger partial charge in [0.1, 0.15) is 0 Å². The zero-order valence-corrected chi connectivity index (χ0v) is 9.44. The molecule has 0 heterocycles. The molecule has 0 amide bonds. The van der Waals surface area contributed by atoms with Crippen LogP contribution in [0.15, 0.2) is 42.5 Å². The molecule has 1 aromatic carbocycles. The average Bonchev–Trinajstić information content (AvgIpc) is 2.34. The molecule has 0 N–H and O–H groups in total. The van der Waals surface area contributed by atoms with Crippen LogP contribution in [0.3, 0.4) is 0 Å². The second-order valence-electron chi connectivity index (χ2n) is 3.38. The summed E-state index contributed by atoms with van der Waals surface area (Å²) in [5.41, 5.74) is 1.31. The SMILES string of the molecule is CC.O=C1C=CC(c2ccccc2)CC1. The fraction of sp³-hybridized carbons (Fsp3) is 0.357. The van der Waals surface area contributed by atoms with Crippen molar-refractivity contribution in [1.82, 2.24) is 0 Å². The zero-order chi connectivity index (χ0) is 11.1. The van der Waals surface area contributed by atoms with E-state index >= 15 is 0 Å². The Bertz CT molecular complexity index is 324. The molecule has 2 rings (SSSR count). The van der Waals surface area contributed by atoms with Gasteiger partial charge in [0.05, 0.1) is 0 Å². The maximum absolute atomic E-state index is 11.0. The Morgan fingerprint density at radius 3 is 2.33 bits per heavy atom. The van der Waals surface area contributed by atoms with Crippen molar-refractivity contribution in [1.29, 1.82) is 0 Å². The van der Waals surface area contributed by atoms with Crippen LogP contribution >= 0.6 is 0 Å². The number of benzene rings is 1. The summed E-state index contributed by atoms with van der Waals surface area (Å²) < 4.78 is 0. The van der Waals surface area contributed by atoms with Gasteiger partial charge in [-0.15, -0.1) is 0 Å². The Labute approximate surface area is 91.8 Å². The monoisotopic (exact) mass is 202 g/mol. The van der Waals surface area contributed by atoms with Crippen LogP contribution in [0.1, 0.15) is 38.2 Å². The summed E-state index contributed by atoms with van der Waals surface area (Å²) in [5.74, 6) is 0.700. The van der Waals surface area contributed by atoms with Crippen molar-refractivity contribution >= 4 is 5.78 Å². The molecule has 1 aliphatic rings. The third-order valence-corrected chi connectivity index (χ3v) is 2.44. The van der Waals surface area contributed by atoms with Crippen molar-refractivity contribution in [3.63, 3.8) is 0 Å². The van der Waals surface area contributed by atoms with Crippen LogP contribution in [0.4, 0.5) is 0 Å². The minimum atomic E-state index is 0.257. The first kappa shape index (κ1) is 11.7. The van der Waals surface area contributed by atoms with Gasteiger partial charge < -0.3 is 0 Å². The van der Waals surface area contributed by atoms with Gasteiger partial charge in [-0.3, -0.25) is 4.79 Å². The molecule has 0 spiro atoms. The average molecular weight is 202 g/mol. The molecule has 0 bridgehead atoms. The van der Waals surface area contributed by atoms with Crippen LogP contribution in [0.2, 0.25) is 0 Å². The molecule has 0 fully saturated rings. The molecule has 1 aliphatic carbocycles. The molecule has 0 aliphatic heterocycles. The molecule has 1 heteroatoms. The van der Waals surface area contributed by atoms with Crippen molar-refractivity contribution in [3.8, 4) is 0 Å². The van der Waals surface area contributed by atoms with E-state index in [0.717, 1.165) is 6.42 Å². The predicted molar refractivity (Wildman–Crippen MR) is 63.9 cm³/mol. The lowest BCUT2D eigenvalue weighted by Gasteiger charge is -2.15. The summed E-state index contributed by atoms with van der Waals surface area (Å²) in [6, 6.07) is 10.3. The maximum Gasteiger partial charge on any atom is 0.155 e. The van der Waals surface area contributed by atoms with Gasteiger partial charge in [-0.2, -0.15) is 0 Å². The predicted octanol–water partition coefficient (Wildman–Crippen LogP) is 3.72. The van der Waals surface area contributed by atoms with E-state index in [2.05, 4.69) is 12.1 Å². The van der Waals surface area contributed by atoms with Crippen molar-refractivity contribution in [3.05, 3.63) is 48.0 Å². The first-order chi connectivity index (χ1) is 7.36. The normalized spacial score (nSPS) is 19.3. The molecule has 1 nitrogen and oxygen atoms in total. The van der Waals surface area contributed by atoms with Gasteiger partial charge in [0.25, 0.3) is 0 Å². The van der Waals surface area contributed by atoms with E-state index in [1.165, 1.54) is 5.56 Å². The molecule has 0 saturated heterocycles. The molecule has 1 unspecified atom stereocenters. The number of carbonyl (C=O) groups is 1. The van der Waals surface area contributed by atoms with Crippen molar-refractivity contribution < 1.29 is 4.79 Å². The van der Waals surface area contributed by atoms with Gasteiger partial charge in [0.15, 0.2) is 5.78 Å². The van der Waals surface area contributed by atoms with Gasteiger partial charge in [-0.1, -0.05) is 50.3 Å². The maximum atomic E-state index is 11.0. The molecular formula is C14H18O. The molecule has 15 heavy (non-hydrogen) atoms. The third-order valence-electron chi connectivity index (χ3n) is 2.44. The summed E-state index contributed by atoms with van der Waals surface area (Å²) in [6.07, 6.45) is 5.37. The van der Waals surface area contributed by atoms with Gasteiger partial charge in [0.2, 0.25) is 0 Å². The molecule has 0 saturated carbocycles. The Morgan fingerprint density at radius 2 is 1.80 bits per heavy atom. The fourth-order valence-corrected chi connectivity index (χ4v) is 1.68. The van der Waals surface area contributed by atoms with Crippen molar-refractivity contribution in [2.75, 3.05) is 0 Å². The topological polar surface area (TPSA) is 17.1 Å². The second-order valence-corrected chi connectivity index (χ2v) is 3.38. The highest BCUT2D eigenvalue weighted by atomic mass is 16.1. The molecular weight excluding hydrogens is 184 g/mol. The molecule has 1 atom stereocenters. The quantitative estimate of drug-likeness (QED) is 0.678. The van der Waals surface area contributed by atoms with E-state index in [-0.39, 0.29) is 5.78 Å². The smallest absolute Gasteiger partial charge is 0.155 e. The Kier molecular flexibility index (Phi) is 4.82. The molecule has 0 radical (unpaired) electrons. The summed E-state index contributed by atoms with van der Waals surface area (Å²) in [7, 11) is 0. The summed E-state index contributed by atoms with van der Waals surface area (Å²) in [6.45, 7) is 4.00. The number of allylic oxidation sites excluding steroid dienone is 2. The Morgan fingerprint density at radius 1 is 1.13 bits per heavy atom. The number of hydrogen-bond acceptors (Lipinski definition) is 1. The lowest BCUT2D eigenvalue weighted by molar-refractivity contribution is -0.115. The van der Waals surface area contributed by atoms with Gasteiger partial charge in [-0.05, 0) is 18.1 Å². The summed E-state index contributed by atoms with van der Waals surface area (Å²) in [4.78, 5) is 11.0. The van der Waals surface area contributed by atoms with E-state index < -0.39 is 0 Å². The van der Waals surface area contributed by atoms with Crippen LogP contribution in [-0.4, -0.2) is 5.78 Å². The molecule has 1 aromatic rings. The number of hydrogen-bond donors (Lipinski definition) is 0. The molecule has 80 valence electrons. The summed E-state index contributed by atoms with van der Waals surface area (Å²) in [5, 5.41) is 0. The minimum absolute atomic E-state index is 0.257. The zero-order valence-electron chi connectivity index (χ0n) is 9.44. The van der Waals surface area contributed by atoms with Gasteiger partial charge >= 0.3 is 0 Å². The second kappa shape index (κ2) is 6.18. The molecule has 0 aromatic heterocycles. The standard InChI is InChI=1S/C12H12O.C2H6/c13-12-8-6-11(7-9-12)10-4-2-1-3-5-10;1-2/h1-6,8,11H,7,9H2;1-2H3. The van der Waals surface area contributed by atoms with E-state index in [0.29, 0.717) is 12.3 Å². The lowest BCUT2D eigenvalue weighted by atomic mass is 9.89. The van der Waals surface area contributed by atoms with E-state index in [1.807, 2.05) is 38.1 Å². The van der Waals surface area contributed by atoms with Crippen LogP contribution < -0.4 is 0 Å². The van der Waals surface area contributed by atoms with Crippen molar-refractivity contribution in [2.24, 2.45) is 0 Å². The number of rotatable bonds is 1. The Hall–Kier alpha value is -1.37. The van der Waals surface area contributed by atoms with Crippen LogP contribution in [0.5, 0.6) is 0 Å². The first-order valence-corrected chi connectivity index (χ1v) is 5.62. The third kappa shape index (κ3) is 3.35. The number of carbonyl (C=O) groups excluding carboxylic acids is 1. The van der Waals surface area contributed by atoms with Crippen LogP contribution in [0, 0.1) is 0 Å². The minimum Gasteiger partial charge on any atom is -0.295 e. The van der Waals surface area contributed by atoms with Crippen molar-refractivity contribution in [2.45, 2.75) is 32.6 Å². The van der Waals surface area contributed by atoms with E-state index in [1.54, 1.807) is 6.08 Å². The van der Waals surface area contributed by atoms with Gasteiger partial charge in [-0.25, -0.2) is 0 Å². The Balaban J connectivity index is 0.000000531. The first-order valence-electron chi connectivity index (χ1n) is 5.62. The highest BCUT2D eigenvalue weighted by Gasteiger charge is 2.13. The van der Waals surface area contributed by atoms with Crippen LogP contribution in [0.25, 0.3) is 0 Å². The van der Waals surface area contributed by atoms with Gasteiger partial charge in [0, 0.05) is 12.3 Å². The number of ketones is 1. The highest BCUT2D eigenvalue weighted by molar-refractivity contribution is 5.90. The van der Waals surface area contributed by atoms with Crippen LogP contribution in [-0.2, 0) is 4.79 Å². The summed E-state index contributed by atoms with van der Waals surface area (Å²) >= 11 is 0. The lowest BCUT2D eigenvalue weighted by Crippen LogP contribution is -2.05. The highest BCUT2D eigenvalue weighted by Crippen LogP contribution is 2.25. The fourth-order valence-electron chi connectivity index (χ4n) is 1.68. The largest absolute Gasteiger partial charge is 0.295 e.